The van der Waals surface area contributed by atoms with Crippen molar-refractivity contribution < 1.29 is 17.2 Å². The first-order chi connectivity index (χ1) is 10.5. The number of nitrogens with one attached hydrogen (secondary N) is 2. The summed E-state index contributed by atoms with van der Waals surface area (Å²) in [6, 6.07) is 15.1. The van der Waals surface area contributed by atoms with E-state index in [4.69, 9.17) is 0 Å². The third-order valence-electron chi connectivity index (χ3n) is 3.01. The highest BCUT2D eigenvalue weighted by Gasteiger charge is 2.13. The Bertz CT molecular complexity index is 748. The summed E-state index contributed by atoms with van der Waals surface area (Å²) in [5, 5.41) is 0. The van der Waals surface area contributed by atoms with Gasteiger partial charge in [-0.1, -0.05) is 42.5 Å². The fourth-order valence-corrected chi connectivity index (χ4v) is 3.20. The van der Waals surface area contributed by atoms with E-state index in [9.17, 15) is 17.2 Å². The van der Waals surface area contributed by atoms with Crippen LogP contribution in [0.4, 0.5) is 0 Å². The van der Waals surface area contributed by atoms with Gasteiger partial charge in [0.15, 0.2) is 0 Å². The first-order valence-corrected chi connectivity index (χ1v) is 8.99. The molecule has 0 radical (unpaired) electrons. The van der Waals surface area contributed by atoms with Crippen LogP contribution in [-0.4, -0.2) is 17.2 Å². The maximum absolute atomic E-state index is 12.2. The van der Waals surface area contributed by atoms with Crippen molar-refractivity contribution in [1.29, 1.82) is 0 Å². The standard InChI is InChI=1S/C14H16N2O4S2/c17-21(18)15-10-12-6-4-5-7-13(12)11-16-22(19,20)14-8-2-1-3-9-14/h1-9,15-16H,10-11H2,(H,17,18)/p-1. The van der Waals surface area contributed by atoms with E-state index in [1.54, 1.807) is 42.5 Å². The monoisotopic (exact) mass is 339 g/mol. The quantitative estimate of drug-likeness (QED) is 0.737. The second kappa shape index (κ2) is 7.61. The van der Waals surface area contributed by atoms with Gasteiger partial charge in [-0.2, -0.15) is 0 Å². The molecule has 0 spiro atoms. The van der Waals surface area contributed by atoms with Crippen LogP contribution in [0.25, 0.3) is 0 Å². The van der Waals surface area contributed by atoms with Gasteiger partial charge in [-0.15, -0.1) is 0 Å². The van der Waals surface area contributed by atoms with Crippen molar-refractivity contribution in [2.75, 3.05) is 0 Å². The van der Waals surface area contributed by atoms with E-state index in [2.05, 4.69) is 9.44 Å². The zero-order chi connectivity index (χ0) is 16.0. The minimum absolute atomic E-state index is 0.0839. The van der Waals surface area contributed by atoms with Crippen LogP contribution in [-0.2, 0) is 34.4 Å². The van der Waals surface area contributed by atoms with E-state index in [1.807, 2.05) is 0 Å². The largest absolute Gasteiger partial charge is 0.760 e. The van der Waals surface area contributed by atoms with Crippen molar-refractivity contribution in [2.45, 2.75) is 18.0 Å². The molecule has 1 unspecified atom stereocenters. The van der Waals surface area contributed by atoms with E-state index >= 15 is 0 Å². The molecule has 0 fully saturated rings. The smallest absolute Gasteiger partial charge is 0.240 e. The predicted octanol–water partition coefficient (Wildman–Crippen LogP) is 1.05. The molecule has 2 N–H and O–H groups in total. The number of hydrogen-bond donors (Lipinski definition) is 2. The summed E-state index contributed by atoms with van der Waals surface area (Å²) < 4.78 is 50.2. The van der Waals surface area contributed by atoms with Crippen molar-refractivity contribution in [3.63, 3.8) is 0 Å². The molecule has 0 saturated carbocycles. The molecule has 118 valence electrons. The van der Waals surface area contributed by atoms with Gasteiger partial charge in [-0.3, -0.25) is 4.21 Å². The van der Waals surface area contributed by atoms with E-state index in [0.29, 0.717) is 11.1 Å². The molecule has 8 heteroatoms. The zero-order valence-corrected chi connectivity index (χ0v) is 13.2. The fraction of sp³-hybridized carbons (Fsp3) is 0.143. The SMILES string of the molecule is O=S([O-])NCc1ccccc1CNS(=O)(=O)c1ccccc1. The van der Waals surface area contributed by atoms with Crippen LogP contribution in [0.1, 0.15) is 11.1 Å². The van der Waals surface area contributed by atoms with Gasteiger partial charge in [0.1, 0.15) is 0 Å². The van der Waals surface area contributed by atoms with E-state index < -0.39 is 21.3 Å². The van der Waals surface area contributed by atoms with E-state index in [-0.39, 0.29) is 18.0 Å². The maximum Gasteiger partial charge on any atom is 0.240 e. The van der Waals surface area contributed by atoms with Gasteiger partial charge < -0.3 is 4.55 Å². The van der Waals surface area contributed by atoms with Crippen LogP contribution in [0.2, 0.25) is 0 Å². The molecule has 0 aromatic heterocycles. The Kier molecular flexibility index (Phi) is 5.81. The van der Waals surface area contributed by atoms with Gasteiger partial charge in [0.05, 0.1) is 4.90 Å². The molecule has 0 amide bonds. The van der Waals surface area contributed by atoms with Crippen molar-refractivity contribution in [1.82, 2.24) is 9.44 Å². The van der Waals surface area contributed by atoms with Gasteiger partial charge >= 0.3 is 0 Å². The molecule has 22 heavy (non-hydrogen) atoms. The van der Waals surface area contributed by atoms with E-state index in [1.165, 1.54) is 12.1 Å². The minimum Gasteiger partial charge on any atom is -0.760 e. The van der Waals surface area contributed by atoms with Gasteiger partial charge in [-0.25, -0.2) is 17.9 Å². The zero-order valence-electron chi connectivity index (χ0n) is 11.6. The highest BCUT2D eigenvalue weighted by atomic mass is 32.2. The lowest BCUT2D eigenvalue weighted by Crippen LogP contribution is -2.24. The number of sulfonamides is 1. The Morgan fingerprint density at radius 1 is 0.909 bits per heavy atom. The molecule has 0 aliphatic carbocycles. The Balaban J connectivity index is 2.10. The highest BCUT2D eigenvalue weighted by Crippen LogP contribution is 2.12. The third kappa shape index (κ3) is 4.72. The average molecular weight is 339 g/mol. The van der Waals surface area contributed by atoms with Crippen LogP contribution >= 0.6 is 0 Å². The number of hydrogen-bond acceptors (Lipinski definition) is 4. The normalized spacial score (nSPS) is 13.0. The maximum atomic E-state index is 12.2. The minimum atomic E-state index is -3.60. The summed E-state index contributed by atoms with van der Waals surface area (Å²) in [7, 11) is -3.60. The van der Waals surface area contributed by atoms with Crippen LogP contribution < -0.4 is 9.44 Å². The third-order valence-corrected chi connectivity index (χ3v) is 4.80. The molecular formula is C14H15N2O4S2-. The van der Waals surface area contributed by atoms with Crippen LogP contribution in [0, 0.1) is 0 Å². The molecule has 2 rings (SSSR count). The van der Waals surface area contributed by atoms with Gasteiger partial charge in [-0.05, 0) is 23.3 Å². The second-order valence-corrected chi connectivity index (χ2v) is 6.99. The molecule has 0 aliphatic heterocycles. The summed E-state index contributed by atoms with van der Waals surface area (Å²) in [6.45, 7) is 0.194. The predicted molar refractivity (Wildman–Crippen MR) is 82.7 cm³/mol. The Labute approximate surface area is 132 Å². The Hall–Kier alpha value is -1.58. The summed E-state index contributed by atoms with van der Waals surface area (Å²) in [5.74, 6) is 0. The number of benzene rings is 2. The van der Waals surface area contributed by atoms with Crippen LogP contribution in [0.3, 0.4) is 0 Å². The van der Waals surface area contributed by atoms with Crippen molar-refractivity contribution >= 4 is 21.3 Å². The Morgan fingerprint density at radius 2 is 1.45 bits per heavy atom. The summed E-state index contributed by atoms with van der Waals surface area (Å²) in [6.07, 6.45) is 0. The lowest BCUT2D eigenvalue weighted by Gasteiger charge is -2.13. The molecular weight excluding hydrogens is 324 g/mol. The first-order valence-electron chi connectivity index (χ1n) is 6.43. The first kappa shape index (κ1) is 16.8. The lowest BCUT2D eigenvalue weighted by molar-refractivity contribution is 0.522. The fourth-order valence-electron chi connectivity index (χ4n) is 1.89. The molecule has 2 aromatic carbocycles. The van der Waals surface area contributed by atoms with Gasteiger partial charge in [0, 0.05) is 24.4 Å². The molecule has 2 aromatic rings. The summed E-state index contributed by atoms with van der Waals surface area (Å²) >= 11 is -2.36. The average Bonchev–Trinajstić information content (AvgIpc) is 2.52. The van der Waals surface area contributed by atoms with Gasteiger partial charge in [0.2, 0.25) is 10.0 Å². The molecule has 0 bridgehead atoms. The Morgan fingerprint density at radius 3 is 2.05 bits per heavy atom. The van der Waals surface area contributed by atoms with Crippen molar-refractivity contribution in [2.24, 2.45) is 0 Å². The molecule has 6 nitrogen and oxygen atoms in total. The van der Waals surface area contributed by atoms with Crippen molar-refractivity contribution in [3.8, 4) is 0 Å². The lowest BCUT2D eigenvalue weighted by atomic mass is 10.1. The second-order valence-electron chi connectivity index (χ2n) is 4.46. The molecule has 0 heterocycles. The molecule has 0 saturated heterocycles. The number of rotatable bonds is 7. The van der Waals surface area contributed by atoms with Crippen LogP contribution in [0.15, 0.2) is 59.5 Å². The summed E-state index contributed by atoms with van der Waals surface area (Å²) in [5.41, 5.74) is 1.42. The van der Waals surface area contributed by atoms with Crippen LogP contribution in [0.5, 0.6) is 0 Å². The molecule has 0 aliphatic rings. The summed E-state index contributed by atoms with van der Waals surface area (Å²) in [4.78, 5) is 0.186. The van der Waals surface area contributed by atoms with Gasteiger partial charge in [0.25, 0.3) is 0 Å². The van der Waals surface area contributed by atoms with E-state index in [0.717, 1.165) is 0 Å². The molecule has 1 atom stereocenters. The van der Waals surface area contributed by atoms with Crippen molar-refractivity contribution in [3.05, 3.63) is 65.7 Å². The highest BCUT2D eigenvalue weighted by molar-refractivity contribution is 7.89. The topological polar surface area (TPSA) is 98.3 Å².